The molecule has 5 heteroatoms. The molecular formula is C23H21N3O2. The Bertz CT molecular complexity index is 1130. The maximum Gasteiger partial charge on any atom is 0.262 e. The number of rotatable bonds is 5. The van der Waals surface area contributed by atoms with Crippen LogP contribution in [0.1, 0.15) is 11.1 Å². The van der Waals surface area contributed by atoms with Crippen molar-refractivity contribution in [2.24, 2.45) is 0 Å². The van der Waals surface area contributed by atoms with Gasteiger partial charge in [-0.15, -0.1) is 0 Å². The highest BCUT2D eigenvalue weighted by atomic mass is 16.5. The number of ether oxygens (including phenoxy) is 1. The molecule has 0 saturated heterocycles. The highest BCUT2D eigenvalue weighted by Crippen LogP contribution is 2.23. The van der Waals surface area contributed by atoms with Gasteiger partial charge in [-0.2, -0.15) is 0 Å². The van der Waals surface area contributed by atoms with Gasteiger partial charge in [0.15, 0.2) is 6.61 Å². The first-order valence-corrected chi connectivity index (χ1v) is 9.12. The lowest BCUT2D eigenvalue weighted by Crippen LogP contribution is -2.20. The Morgan fingerprint density at radius 2 is 1.86 bits per heavy atom. The quantitative estimate of drug-likeness (QED) is 0.556. The molecule has 0 radical (unpaired) electrons. The molecule has 1 amide bonds. The molecule has 0 aliphatic rings. The van der Waals surface area contributed by atoms with Crippen molar-refractivity contribution in [3.05, 3.63) is 84.2 Å². The SMILES string of the molecule is Cc1ccc(NC(=O)COc2ccc(-c3cnc4ccccn34)cc2)cc1C. The molecular weight excluding hydrogens is 350 g/mol. The molecule has 0 spiro atoms. The van der Waals surface area contributed by atoms with Gasteiger partial charge in [0.25, 0.3) is 5.91 Å². The first kappa shape index (κ1) is 17.8. The lowest BCUT2D eigenvalue weighted by Gasteiger charge is -2.09. The Labute approximate surface area is 163 Å². The van der Waals surface area contributed by atoms with E-state index in [0.717, 1.165) is 28.2 Å². The fourth-order valence-electron chi connectivity index (χ4n) is 3.03. The van der Waals surface area contributed by atoms with Crippen LogP contribution in [0.5, 0.6) is 5.75 Å². The molecule has 2 aromatic heterocycles. The van der Waals surface area contributed by atoms with E-state index in [-0.39, 0.29) is 12.5 Å². The third kappa shape index (κ3) is 3.74. The van der Waals surface area contributed by atoms with Gasteiger partial charge < -0.3 is 10.1 Å². The maximum atomic E-state index is 12.1. The van der Waals surface area contributed by atoms with Crippen LogP contribution in [0.4, 0.5) is 5.69 Å². The van der Waals surface area contributed by atoms with Crippen LogP contribution in [-0.4, -0.2) is 21.9 Å². The number of anilines is 1. The first-order chi connectivity index (χ1) is 13.6. The van der Waals surface area contributed by atoms with E-state index in [0.29, 0.717) is 5.75 Å². The number of hydrogen-bond donors (Lipinski definition) is 1. The van der Waals surface area contributed by atoms with Gasteiger partial charge in [-0.25, -0.2) is 4.98 Å². The molecule has 0 aliphatic carbocycles. The maximum absolute atomic E-state index is 12.1. The zero-order valence-electron chi connectivity index (χ0n) is 15.8. The zero-order chi connectivity index (χ0) is 19.5. The number of amides is 1. The molecule has 0 aliphatic heterocycles. The predicted octanol–water partition coefficient (Wildman–Crippen LogP) is 4.64. The summed E-state index contributed by atoms with van der Waals surface area (Å²) in [6, 6.07) is 19.4. The number of nitrogens with zero attached hydrogens (tertiary/aromatic N) is 2. The summed E-state index contributed by atoms with van der Waals surface area (Å²) in [5, 5.41) is 2.86. The van der Waals surface area contributed by atoms with Crippen LogP contribution in [-0.2, 0) is 4.79 Å². The van der Waals surface area contributed by atoms with E-state index in [9.17, 15) is 4.79 Å². The highest BCUT2D eigenvalue weighted by Gasteiger charge is 2.07. The van der Waals surface area contributed by atoms with E-state index in [1.165, 1.54) is 5.56 Å². The Balaban J connectivity index is 1.39. The summed E-state index contributed by atoms with van der Waals surface area (Å²) >= 11 is 0. The number of aromatic nitrogens is 2. The monoisotopic (exact) mass is 371 g/mol. The number of pyridine rings is 1. The summed E-state index contributed by atoms with van der Waals surface area (Å²) in [6.45, 7) is 4.02. The normalized spacial score (nSPS) is 10.8. The average Bonchev–Trinajstić information content (AvgIpc) is 3.14. The van der Waals surface area contributed by atoms with Crippen molar-refractivity contribution in [2.45, 2.75) is 13.8 Å². The summed E-state index contributed by atoms with van der Waals surface area (Å²) < 4.78 is 7.65. The van der Waals surface area contributed by atoms with Gasteiger partial charge in [-0.3, -0.25) is 9.20 Å². The molecule has 4 aromatic rings. The van der Waals surface area contributed by atoms with Crippen LogP contribution >= 0.6 is 0 Å². The fraction of sp³-hybridized carbons (Fsp3) is 0.130. The highest BCUT2D eigenvalue weighted by molar-refractivity contribution is 5.92. The molecule has 0 bridgehead atoms. The van der Waals surface area contributed by atoms with Crippen molar-refractivity contribution < 1.29 is 9.53 Å². The fourth-order valence-corrected chi connectivity index (χ4v) is 3.03. The first-order valence-electron chi connectivity index (χ1n) is 9.12. The second kappa shape index (κ2) is 7.56. The zero-order valence-corrected chi connectivity index (χ0v) is 15.8. The van der Waals surface area contributed by atoms with E-state index in [1.807, 2.05) is 91.3 Å². The van der Waals surface area contributed by atoms with Crippen LogP contribution in [0.3, 0.4) is 0 Å². The molecule has 0 atom stereocenters. The number of imidazole rings is 1. The van der Waals surface area contributed by atoms with Crippen LogP contribution < -0.4 is 10.1 Å². The van der Waals surface area contributed by atoms with E-state index < -0.39 is 0 Å². The molecule has 2 aromatic carbocycles. The van der Waals surface area contributed by atoms with Crippen molar-refractivity contribution in [1.82, 2.24) is 9.38 Å². The van der Waals surface area contributed by atoms with Gasteiger partial charge in [0.05, 0.1) is 11.9 Å². The minimum absolute atomic E-state index is 0.0398. The van der Waals surface area contributed by atoms with Crippen molar-refractivity contribution in [2.75, 3.05) is 11.9 Å². The smallest absolute Gasteiger partial charge is 0.262 e. The summed E-state index contributed by atoms with van der Waals surface area (Å²) in [5.74, 6) is 0.460. The lowest BCUT2D eigenvalue weighted by atomic mass is 10.1. The summed E-state index contributed by atoms with van der Waals surface area (Å²) in [5.41, 5.74) is 6.06. The van der Waals surface area contributed by atoms with Crippen molar-refractivity contribution in [1.29, 1.82) is 0 Å². The molecule has 1 N–H and O–H groups in total. The topological polar surface area (TPSA) is 55.6 Å². The van der Waals surface area contributed by atoms with Gasteiger partial charge in [0.2, 0.25) is 0 Å². The summed E-state index contributed by atoms with van der Waals surface area (Å²) in [6.07, 6.45) is 3.83. The van der Waals surface area contributed by atoms with Crippen LogP contribution in [0.2, 0.25) is 0 Å². The standard InChI is InChI=1S/C23H21N3O2/c1-16-6-9-19(13-17(16)2)25-23(27)15-28-20-10-7-18(8-11-20)21-14-24-22-5-3-4-12-26(21)22/h3-14H,15H2,1-2H3,(H,25,27). The summed E-state index contributed by atoms with van der Waals surface area (Å²) in [4.78, 5) is 16.5. The Morgan fingerprint density at radius 3 is 2.64 bits per heavy atom. The van der Waals surface area contributed by atoms with Crippen LogP contribution in [0.25, 0.3) is 16.9 Å². The Morgan fingerprint density at radius 1 is 1.04 bits per heavy atom. The van der Waals surface area contributed by atoms with Crippen molar-refractivity contribution in [3.8, 4) is 17.0 Å². The van der Waals surface area contributed by atoms with Gasteiger partial charge >= 0.3 is 0 Å². The number of benzene rings is 2. The van der Waals surface area contributed by atoms with E-state index in [4.69, 9.17) is 4.74 Å². The molecule has 140 valence electrons. The van der Waals surface area contributed by atoms with Crippen LogP contribution in [0.15, 0.2) is 73.1 Å². The van der Waals surface area contributed by atoms with Crippen molar-refractivity contribution >= 4 is 17.2 Å². The minimum Gasteiger partial charge on any atom is -0.484 e. The second-order valence-corrected chi connectivity index (χ2v) is 6.73. The van der Waals surface area contributed by atoms with Gasteiger partial charge in [-0.1, -0.05) is 12.1 Å². The van der Waals surface area contributed by atoms with E-state index in [1.54, 1.807) is 0 Å². The second-order valence-electron chi connectivity index (χ2n) is 6.73. The summed E-state index contributed by atoms with van der Waals surface area (Å²) in [7, 11) is 0. The molecule has 4 rings (SSSR count). The molecule has 2 heterocycles. The third-order valence-corrected chi connectivity index (χ3v) is 4.73. The third-order valence-electron chi connectivity index (χ3n) is 4.73. The van der Waals surface area contributed by atoms with Crippen LogP contribution in [0, 0.1) is 13.8 Å². The molecule has 0 unspecified atom stereocenters. The Hall–Kier alpha value is -3.60. The molecule has 28 heavy (non-hydrogen) atoms. The molecule has 0 fully saturated rings. The molecule has 5 nitrogen and oxygen atoms in total. The van der Waals surface area contributed by atoms with Gasteiger partial charge in [0, 0.05) is 17.4 Å². The number of carbonyl (C=O) groups is 1. The van der Waals surface area contributed by atoms with E-state index in [2.05, 4.69) is 10.3 Å². The average molecular weight is 371 g/mol. The largest absolute Gasteiger partial charge is 0.484 e. The number of hydrogen-bond acceptors (Lipinski definition) is 3. The lowest BCUT2D eigenvalue weighted by molar-refractivity contribution is -0.118. The number of nitrogens with one attached hydrogen (secondary N) is 1. The number of aryl methyl sites for hydroxylation is 2. The predicted molar refractivity (Wildman–Crippen MR) is 111 cm³/mol. The number of carbonyl (C=O) groups excluding carboxylic acids is 1. The van der Waals surface area contributed by atoms with Gasteiger partial charge in [-0.05, 0) is 73.5 Å². The van der Waals surface area contributed by atoms with Gasteiger partial charge in [0.1, 0.15) is 11.4 Å². The van der Waals surface area contributed by atoms with E-state index >= 15 is 0 Å². The minimum atomic E-state index is -0.186. The van der Waals surface area contributed by atoms with Crippen molar-refractivity contribution in [3.63, 3.8) is 0 Å². The molecule has 0 saturated carbocycles. The Kier molecular flexibility index (Phi) is 4.81. The number of fused-ring (bicyclic) bond motifs is 1.